The fourth-order valence-corrected chi connectivity index (χ4v) is 3.43. The largest absolute Gasteiger partial charge is 0.477 e. The van der Waals surface area contributed by atoms with Gasteiger partial charge in [0.25, 0.3) is 17.4 Å². The molecule has 1 aromatic heterocycles. The van der Waals surface area contributed by atoms with Crippen LogP contribution >= 0.6 is 7.60 Å². The number of methoxy groups -OCH3 is 2. The first kappa shape index (κ1) is 21.0. The van der Waals surface area contributed by atoms with Crippen molar-refractivity contribution < 1.29 is 28.4 Å². The van der Waals surface area contributed by atoms with E-state index in [2.05, 4.69) is 19.8 Å². The summed E-state index contributed by atoms with van der Waals surface area (Å²) in [5.74, 6) is 0.256. The summed E-state index contributed by atoms with van der Waals surface area (Å²) in [6, 6.07) is 2.28. The van der Waals surface area contributed by atoms with E-state index >= 15 is 0 Å². The second-order valence-electron chi connectivity index (χ2n) is 5.76. The lowest BCUT2D eigenvalue weighted by molar-refractivity contribution is -0.384. The van der Waals surface area contributed by atoms with Gasteiger partial charge < -0.3 is 24.2 Å². The number of hydrogen-bond acceptors (Lipinski definition) is 9. The number of non-ortho nitro benzene ring substituents is 1. The van der Waals surface area contributed by atoms with Crippen molar-refractivity contribution in [3.8, 4) is 11.8 Å². The van der Waals surface area contributed by atoms with Crippen molar-refractivity contribution in [1.82, 2.24) is 15.3 Å². The van der Waals surface area contributed by atoms with Gasteiger partial charge in [0.05, 0.1) is 30.8 Å². The molecule has 0 aliphatic carbocycles. The van der Waals surface area contributed by atoms with Gasteiger partial charge in [-0.15, -0.1) is 0 Å². The zero-order valence-electron chi connectivity index (χ0n) is 15.3. The molecule has 0 aliphatic heterocycles. The molecule has 27 heavy (non-hydrogen) atoms. The van der Waals surface area contributed by atoms with Gasteiger partial charge in [-0.05, 0) is 6.92 Å². The zero-order chi connectivity index (χ0) is 20.2. The summed E-state index contributed by atoms with van der Waals surface area (Å²) in [4.78, 5) is 28.8. The lowest BCUT2D eigenvalue weighted by Gasteiger charge is -2.17. The highest BCUT2D eigenvalue weighted by atomic mass is 31.2. The molecular formula is C15H21N4O7P. The quantitative estimate of drug-likeness (QED) is 0.363. The highest BCUT2D eigenvalue weighted by Crippen LogP contribution is 2.41. The number of rotatable bonds is 9. The van der Waals surface area contributed by atoms with Gasteiger partial charge in [0.15, 0.2) is 0 Å². The Bertz CT molecular complexity index is 892. The summed E-state index contributed by atoms with van der Waals surface area (Å²) in [5.41, 5.74) is 1.01. The fraction of sp³-hybridized carbons (Fsp3) is 0.467. The fourth-order valence-electron chi connectivity index (χ4n) is 2.46. The Morgan fingerprint density at radius 3 is 2.44 bits per heavy atom. The molecule has 2 unspecified atom stereocenters. The Kier molecular flexibility index (Phi) is 6.66. The van der Waals surface area contributed by atoms with Crippen LogP contribution in [-0.2, 0) is 15.6 Å². The van der Waals surface area contributed by atoms with Crippen molar-refractivity contribution in [2.24, 2.45) is 0 Å². The van der Waals surface area contributed by atoms with Gasteiger partial charge in [0.1, 0.15) is 5.52 Å². The predicted octanol–water partition coefficient (Wildman–Crippen LogP) is 1.87. The molecule has 2 atom stereocenters. The number of ether oxygens (including phenoxy) is 2. The number of nitrogens with zero attached hydrogens (tertiary/aromatic N) is 3. The lowest BCUT2D eigenvalue weighted by Crippen LogP contribution is -2.29. The molecule has 11 nitrogen and oxygen atoms in total. The Morgan fingerprint density at radius 1 is 1.26 bits per heavy atom. The third-order valence-electron chi connectivity index (χ3n) is 3.80. The molecule has 0 bridgehead atoms. The number of aromatic nitrogens is 2. The molecule has 12 heteroatoms. The molecule has 0 radical (unpaired) electrons. The summed E-state index contributed by atoms with van der Waals surface area (Å²) in [6.45, 7) is 1.87. The molecule has 2 aromatic rings. The van der Waals surface area contributed by atoms with Crippen LogP contribution in [0.15, 0.2) is 12.1 Å². The number of nitro groups is 1. The van der Waals surface area contributed by atoms with Gasteiger partial charge in [-0.3, -0.25) is 14.7 Å². The Balaban J connectivity index is 2.41. The molecule has 0 saturated heterocycles. The van der Waals surface area contributed by atoms with Crippen LogP contribution in [0.4, 0.5) is 5.69 Å². The van der Waals surface area contributed by atoms with Gasteiger partial charge in [-0.25, -0.2) is 9.97 Å². The number of nitrogens with one attached hydrogen (secondary N) is 1. The van der Waals surface area contributed by atoms with E-state index in [9.17, 15) is 19.6 Å². The standard InChI is InChI=1S/C15H21N4O7P/c1-9(8-27(22,23)26-4)16-7-10-5-11(19(20)21)6-12-13(10)18-15(25-3)14(17-12)24-2/h5-6,9,16H,7-8H2,1-4H3,(H,22,23). The Labute approximate surface area is 155 Å². The zero-order valence-corrected chi connectivity index (χ0v) is 16.2. The summed E-state index contributed by atoms with van der Waals surface area (Å²) in [6.07, 6.45) is -0.112. The second-order valence-corrected chi connectivity index (χ2v) is 7.76. The average molecular weight is 400 g/mol. The van der Waals surface area contributed by atoms with Crippen LogP contribution in [0, 0.1) is 10.1 Å². The van der Waals surface area contributed by atoms with E-state index < -0.39 is 12.5 Å². The smallest absolute Gasteiger partial charge is 0.329 e. The minimum absolute atomic E-state index is 0.110. The van der Waals surface area contributed by atoms with Crippen LogP contribution in [0.5, 0.6) is 11.8 Å². The van der Waals surface area contributed by atoms with Crippen LogP contribution in [0.2, 0.25) is 0 Å². The predicted molar refractivity (Wildman–Crippen MR) is 97.3 cm³/mol. The van der Waals surface area contributed by atoms with Crippen molar-refractivity contribution in [3.05, 3.63) is 27.8 Å². The van der Waals surface area contributed by atoms with E-state index in [0.29, 0.717) is 11.1 Å². The first-order chi connectivity index (χ1) is 12.7. The van der Waals surface area contributed by atoms with Crippen LogP contribution in [0.25, 0.3) is 11.0 Å². The minimum atomic E-state index is -3.68. The first-order valence-electron chi connectivity index (χ1n) is 7.88. The maximum atomic E-state index is 11.7. The molecule has 0 fully saturated rings. The van der Waals surface area contributed by atoms with Crippen LogP contribution in [0.1, 0.15) is 12.5 Å². The maximum absolute atomic E-state index is 11.7. The third-order valence-corrected chi connectivity index (χ3v) is 5.38. The van der Waals surface area contributed by atoms with Crippen molar-refractivity contribution in [3.63, 3.8) is 0 Å². The van der Waals surface area contributed by atoms with E-state index in [0.717, 1.165) is 7.11 Å². The Morgan fingerprint density at radius 2 is 1.89 bits per heavy atom. The van der Waals surface area contributed by atoms with Crippen LogP contribution in [0.3, 0.4) is 0 Å². The van der Waals surface area contributed by atoms with Crippen LogP contribution < -0.4 is 14.8 Å². The summed E-state index contributed by atoms with van der Waals surface area (Å²) >= 11 is 0. The SMILES string of the molecule is COc1nc2cc([N+](=O)[O-])cc(CNC(C)CP(=O)(O)OC)c2nc1OC. The van der Waals surface area contributed by atoms with Gasteiger partial charge in [0, 0.05) is 37.4 Å². The first-order valence-corrected chi connectivity index (χ1v) is 9.65. The van der Waals surface area contributed by atoms with Gasteiger partial charge in [-0.2, -0.15) is 0 Å². The van der Waals surface area contributed by atoms with Gasteiger partial charge in [0.2, 0.25) is 0 Å². The van der Waals surface area contributed by atoms with Crippen molar-refractivity contribution in [2.75, 3.05) is 27.5 Å². The van der Waals surface area contributed by atoms with Crippen LogP contribution in [-0.4, -0.2) is 53.3 Å². The molecule has 2 rings (SSSR count). The molecular weight excluding hydrogens is 379 g/mol. The number of benzene rings is 1. The normalized spacial score (nSPS) is 14.6. The average Bonchev–Trinajstić information content (AvgIpc) is 2.64. The van der Waals surface area contributed by atoms with E-state index in [-0.39, 0.29) is 41.7 Å². The molecule has 0 aliphatic rings. The topological polar surface area (TPSA) is 146 Å². The van der Waals surface area contributed by atoms with E-state index in [4.69, 9.17) is 9.47 Å². The number of nitro benzene ring substituents is 1. The highest BCUT2D eigenvalue weighted by molar-refractivity contribution is 7.52. The van der Waals surface area contributed by atoms with E-state index in [1.807, 2.05) is 0 Å². The lowest BCUT2D eigenvalue weighted by atomic mass is 10.1. The van der Waals surface area contributed by atoms with Crippen molar-refractivity contribution >= 4 is 24.3 Å². The molecule has 0 amide bonds. The highest BCUT2D eigenvalue weighted by Gasteiger charge is 2.22. The van der Waals surface area contributed by atoms with Crippen molar-refractivity contribution in [1.29, 1.82) is 0 Å². The maximum Gasteiger partial charge on any atom is 0.329 e. The molecule has 148 valence electrons. The summed E-state index contributed by atoms with van der Waals surface area (Å²) in [7, 11) is 0.282. The molecule has 0 saturated carbocycles. The second kappa shape index (κ2) is 8.57. The number of hydrogen-bond donors (Lipinski definition) is 2. The molecule has 1 aromatic carbocycles. The molecule has 0 spiro atoms. The van der Waals surface area contributed by atoms with E-state index in [1.54, 1.807) is 6.92 Å². The minimum Gasteiger partial charge on any atom is -0.477 e. The summed E-state index contributed by atoms with van der Waals surface area (Å²) in [5, 5.41) is 14.3. The molecule has 1 heterocycles. The van der Waals surface area contributed by atoms with E-state index in [1.165, 1.54) is 26.4 Å². The number of fused-ring (bicyclic) bond motifs is 1. The molecule has 2 N–H and O–H groups in total. The van der Waals surface area contributed by atoms with Gasteiger partial charge in [-0.1, -0.05) is 0 Å². The van der Waals surface area contributed by atoms with Gasteiger partial charge >= 0.3 is 7.60 Å². The van der Waals surface area contributed by atoms with Crippen molar-refractivity contribution in [2.45, 2.75) is 19.5 Å². The summed E-state index contributed by atoms with van der Waals surface area (Å²) < 4.78 is 26.5. The Hall–Kier alpha value is -2.33. The monoisotopic (exact) mass is 400 g/mol. The third kappa shape index (κ3) is 5.10.